The zero-order chi connectivity index (χ0) is 20.7. The Hall–Kier alpha value is -2.33. The molecule has 0 atom stereocenters. The number of aryl methyl sites for hydroxylation is 1. The summed E-state index contributed by atoms with van der Waals surface area (Å²) < 4.78 is 35.2. The maximum Gasteiger partial charge on any atom is 0.358 e. The monoisotopic (exact) mass is 485 g/mol. The van der Waals surface area contributed by atoms with Gasteiger partial charge in [-0.25, -0.2) is 18.6 Å². The first kappa shape index (κ1) is 20.0. The Bertz CT molecular complexity index is 1120. The molecular weight excluding hydrogens is 472 g/mol. The molecule has 0 aliphatic carbocycles. The molecule has 1 aliphatic rings. The first-order valence-electron chi connectivity index (χ1n) is 8.88. The largest absolute Gasteiger partial charge is 0.461 e. The van der Waals surface area contributed by atoms with E-state index in [1.165, 1.54) is 6.07 Å². The van der Waals surface area contributed by atoms with E-state index in [9.17, 15) is 13.6 Å². The molecule has 3 heterocycles. The predicted octanol–water partition coefficient (Wildman–Crippen LogP) is 4.11. The smallest absolute Gasteiger partial charge is 0.358 e. The number of rotatable bonds is 3. The van der Waals surface area contributed by atoms with Crippen molar-refractivity contribution in [2.24, 2.45) is 0 Å². The molecule has 0 bridgehead atoms. The van der Waals surface area contributed by atoms with Gasteiger partial charge < -0.3 is 9.64 Å². The van der Waals surface area contributed by atoms with Crippen molar-refractivity contribution in [2.45, 2.75) is 26.4 Å². The summed E-state index contributed by atoms with van der Waals surface area (Å²) in [5.74, 6) is -1.77. The van der Waals surface area contributed by atoms with Crippen LogP contribution in [0.4, 0.5) is 14.6 Å². The number of benzene rings is 1. The van der Waals surface area contributed by atoms with Gasteiger partial charge >= 0.3 is 5.97 Å². The van der Waals surface area contributed by atoms with Gasteiger partial charge in [-0.2, -0.15) is 10.1 Å². The van der Waals surface area contributed by atoms with Gasteiger partial charge in [-0.3, -0.25) is 4.68 Å². The Balaban J connectivity index is 1.78. The van der Waals surface area contributed by atoms with Gasteiger partial charge in [0.15, 0.2) is 11.5 Å². The summed E-state index contributed by atoms with van der Waals surface area (Å²) in [5.41, 5.74) is 0.903. The van der Waals surface area contributed by atoms with Crippen molar-refractivity contribution in [2.75, 3.05) is 18.1 Å². The fraction of sp³-hybridized carbons (Fsp3) is 0.333. The molecule has 0 radical (unpaired) electrons. The molecule has 0 N–H and O–H groups in total. The average Bonchev–Trinajstić information content (AvgIpc) is 2.98. The third kappa shape index (κ3) is 3.66. The number of carbonyl (C=O) groups is 1. The highest BCUT2D eigenvalue weighted by Gasteiger charge is 2.24. The molecule has 0 amide bonds. The van der Waals surface area contributed by atoms with Crippen molar-refractivity contribution in [3.8, 4) is 0 Å². The molecular formula is C18H15BrClF2N5O2. The number of hydrogen-bond acceptors (Lipinski definition) is 6. The second kappa shape index (κ2) is 7.83. The summed E-state index contributed by atoms with van der Waals surface area (Å²) >= 11 is 8.91. The van der Waals surface area contributed by atoms with Crippen molar-refractivity contribution >= 4 is 50.2 Å². The summed E-state index contributed by atoms with van der Waals surface area (Å²) in [5, 5.41) is 4.38. The van der Waals surface area contributed by atoms with Gasteiger partial charge in [-0.15, -0.1) is 0 Å². The normalized spacial score (nSPS) is 14.0. The van der Waals surface area contributed by atoms with E-state index in [4.69, 9.17) is 16.3 Å². The third-order valence-electron chi connectivity index (χ3n) is 4.58. The minimum absolute atomic E-state index is 0.0711. The quantitative estimate of drug-likeness (QED) is 0.315. The van der Waals surface area contributed by atoms with E-state index < -0.39 is 17.6 Å². The molecule has 0 fully saturated rings. The predicted molar refractivity (Wildman–Crippen MR) is 106 cm³/mol. The number of aromatic nitrogens is 4. The maximum absolute atomic E-state index is 14.6. The first-order chi connectivity index (χ1) is 13.9. The summed E-state index contributed by atoms with van der Waals surface area (Å²) in [7, 11) is 0. The number of carbonyl (C=O) groups excluding carboxylic acids is 1. The lowest BCUT2D eigenvalue weighted by atomic mass is 10.2. The molecule has 1 aromatic carbocycles. The zero-order valence-corrected chi connectivity index (χ0v) is 17.6. The van der Waals surface area contributed by atoms with Gasteiger partial charge in [-0.05, 0) is 53.0 Å². The van der Waals surface area contributed by atoms with Crippen LogP contribution in [0.1, 0.15) is 29.5 Å². The highest BCUT2D eigenvalue weighted by atomic mass is 79.9. The lowest BCUT2D eigenvalue weighted by Gasteiger charge is -2.23. The Morgan fingerprint density at radius 2 is 2.10 bits per heavy atom. The lowest BCUT2D eigenvalue weighted by Crippen LogP contribution is -2.24. The summed E-state index contributed by atoms with van der Waals surface area (Å²) in [6, 6.07) is 2.83. The Labute approximate surface area is 177 Å². The molecule has 4 rings (SSSR count). The molecule has 0 unspecified atom stereocenters. The number of halogens is 4. The van der Waals surface area contributed by atoms with Crippen LogP contribution in [0.15, 0.2) is 16.6 Å². The molecule has 0 spiro atoms. The highest BCUT2D eigenvalue weighted by molar-refractivity contribution is 9.10. The fourth-order valence-electron chi connectivity index (χ4n) is 3.32. The summed E-state index contributed by atoms with van der Waals surface area (Å²) in [4.78, 5) is 22.0. The zero-order valence-electron chi connectivity index (χ0n) is 15.3. The molecule has 11 heteroatoms. The molecule has 152 valence electrons. The summed E-state index contributed by atoms with van der Waals surface area (Å²) in [6.45, 7) is 3.44. The van der Waals surface area contributed by atoms with E-state index in [2.05, 4.69) is 31.0 Å². The standard InChI is InChI=1S/C18H15BrClF2N5O2/c1-2-29-17(28)12-6-9-8-26(4-3-5-27(9)25-12)16-10-7-11(21)13(19)14(22)15(10)23-18(20)24-16/h6-7H,2-5,8H2,1H3. The van der Waals surface area contributed by atoms with Gasteiger partial charge in [0, 0.05) is 18.5 Å². The minimum atomic E-state index is -0.838. The van der Waals surface area contributed by atoms with Crippen LogP contribution in [0.25, 0.3) is 10.9 Å². The van der Waals surface area contributed by atoms with Crippen molar-refractivity contribution < 1.29 is 18.3 Å². The second-order valence-electron chi connectivity index (χ2n) is 6.44. The van der Waals surface area contributed by atoms with E-state index in [0.29, 0.717) is 31.9 Å². The van der Waals surface area contributed by atoms with Crippen molar-refractivity contribution in [1.29, 1.82) is 0 Å². The molecule has 7 nitrogen and oxygen atoms in total. The molecule has 0 saturated heterocycles. The van der Waals surface area contributed by atoms with Crippen LogP contribution < -0.4 is 4.90 Å². The van der Waals surface area contributed by atoms with Crippen molar-refractivity contribution in [3.63, 3.8) is 0 Å². The van der Waals surface area contributed by atoms with E-state index in [0.717, 1.165) is 5.69 Å². The van der Waals surface area contributed by atoms with Crippen LogP contribution in [0.3, 0.4) is 0 Å². The van der Waals surface area contributed by atoms with Crippen molar-refractivity contribution in [3.05, 3.63) is 44.9 Å². The molecule has 1 aliphatic heterocycles. The van der Waals surface area contributed by atoms with E-state index in [1.54, 1.807) is 17.7 Å². The number of esters is 1. The SMILES string of the molecule is CCOC(=O)c1cc2n(n1)CCCN(c1nc(Cl)nc3c(F)c(Br)c(F)cc13)C2. The molecule has 3 aromatic rings. The van der Waals surface area contributed by atoms with E-state index in [-0.39, 0.29) is 33.0 Å². The third-order valence-corrected chi connectivity index (χ3v) is 5.47. The average molecular weight is 487 g/mol. The summed E-state index contributed by atoms with van der Waals surface area (Å²) in [6.07, 6.45) is 0.682. The number of hydrogen-bond donors (Lipinski definition) is 0. The minimum Gasteiger partial charge on any atom is -0.461 e. The number of nitrogens with zero attached hydrogens (tertiary/aromatic N) is 5. The Kier molecular flexibility index (Phi) is 5.39. The van der Waals surface area contributed by atoms with Crippen LogP contribution in [0.2, 0.25) is 5.28 Å². The van der Waals surface area contributed by atoms with Crippen LogP contribution in [0, 0.1) is 11.6 Å². The Morgan fingerprint density at radius 3 is 2.86 bits per heavy atom. The highest BCUT2D eigenvalue weighted by Crippen LogP contribution is 2.34. The van der Waals surface area contributed by atoms with Crippen molar-refractivity contribution in [1.82, 2.24) is 19.7 Å². The van der Waals surface area contributed by atoms with E-state index >= 15 is 0 Å². The van der Waals surface area contributed by atoms with Crippen LogP contribution >= 0.6 is 27.5 Å². The van der Waals surface area contributed by atoms with Gasteiger partial charge in [0.25, 0.3) is 0 Å². The topological polar surface area (TPSA) is 73.1 Å². The number of ether oxygens (including phenoxy) is 1. The van der Waals surface area contributed by atoms with Gasteiger partial charge in [-0.1, -0.05) is 0 Å². The molecule has 2 aromatic heterocycles. The van der Waals surface area contributed by atoms with E-state index in [1.807, 2.05) is 4.90 Å². The molecule has 29 heavy (non-hydrogen) atoms. The van der Waals surface area contributed by atoms with Crippen LogP contribution in [-0.4, -0.2) is 38.9 Å². The number of fused-ring (bicyclic) bond motifs is 2. The van der Waals surface area contributed by atoms with Gasteiger partial charge in [0.1, 0.15) is 17.2 Å². The second-order valence-corrected chi connectivity index (χ2v) is 7.57. The maximum atomic E-state index is 14.6. The lowest BCUT2D eigenvalue weighted by molar-refractivity contribution is 0.0518. The van der Waals surface area contributed by atoms with Gasteiger partial charge in [0.05, 0.1) is 23.3 Å². The number of anilines is 1. The van der Waals surface area contributed by atoms with Crippen LogP contribution in [0.5, 0.6) is 0 Å². The first-order valence-corrected chi connectivity index (χ1v) is 10.1. The fourth-order valence-corrected chi connectivity index (χ4v) is 3.79. The Morgan fingerprint density at radius 1 is 1.31 bits per heavy atom. The molecule has 0 saturated carbocycles. The van der Waals surface area contributed by atoms with Crippen LogP contribution in [-0.2, 0) is 17.8 Å². The van der Waals surface area contributed by atoms with Gasteiger partial charge in [0.2, 0.25) is 5.28 Å².